The zero-order valence-corrected chi connectivity index (χ0v) is 15.9. The molecule has 0 bridgehead atoms. The molecule has 0 aromatic heterocycles. The maximum absolute atomic E-state index is 12.3. The first-order valence-corrected chi connectivity index (χ1v) is 8.78. The molecule has 0 atom stereocenters. The van der Waals surface area contributed by atoms with Crippen molar-refractivity contribution in [2.45, 2.75) is 13.5 Å². The molecule has 0 amide bonds. The standard InChI is InChI=1S/C19H17BrO6/c1-12(21)25-11-15-9-14(17(22)10-20)5-8-18(15)26-19(23)13-3-6-16(24-2)7-4-13/h3-9H,10-11H2,1-2H3. The van der Waals surface area contributed by atoms with Gasteiger partial charge in [-0.25, -0.2) is 4.79 Å². The van der Waals surface area contributed by atoms with Crippen LogP contribution in [0.2, 0.25) is 0 Å². The number of benzene rings is 2. The summed E-state index contributed by atoms with van der Waals surface area (Å²) in [7, 11) is 1.53. The Hall–Kier alpha value is -2.67. The molecule has 0 saturated carbocycles. The van der Waals surface area contributed by atoms with E-state index in [1.165, 1.54) is 20.1 Å². The van der Waals surface area contributed by atoms with Gasteiger partial charge in [-0.15, -0.1) is 0 Å². The Labute approximate surface area is 159 Å². The minimum Gasteiger partial charge on any atom is -0.497 e. The predicted octanol–water partition coefficient (Wildman–Crippen LogP) is 3.56. The number of carbonyl (C=O) groups excluding carboxylic acids is 3. The Morgan fingerprint density at radius 3 is 2.23 bits per heavy atom. The maximum atomic E-state index is 12.3. The van der Waals surface area contributed by atoms with Crippen molar-refractivity contribution in [3.05, 3.63) is 59.2 Å². The molecule has 26 heavy (non-hydrogen) atoms. The van der Waals surface area contributed by atoms with E-state index in [0.717, 1.165) is 0 Å². The number of ketones is 1. The van der Waals surface area contributed by atoms with Gasteiger partial charge in [0.15, 0.2) is 5.78 Å². The fourth-order valence-electron chi connectivity index (χ4n) is 2.11. The van der Waals surface area contributed by atoms with Crippen LogP contribution in [-0.2, 0) is 16.1 Å². The van der Waals surface area contributed by atoms with Crippen molar-refractivity contribution in [3.63, 3.8) is 0 Å². The molecule has 2 aromatic rings. The highest BCUT2D eigenvalue weighted by atomic mass is 79.9. The van der Waals surface area contributed by atoms with Crippen molar-refractivity contribution >= 4 is 33.7 Å². The molecule has 7 heteroatoms. The fraction of sp³-hybridized carbons (Fsp3) is 0.211. The Balaban J connectivity index is 2.26. The third-order valence-corrected chi connectivity index (χ3v) is 3.97. The molecule has 0 radical (unpaired) electrons. The van der Waals surface area contributed by atoms with Crippen LogP contribution in [0.5, 0.6) is 11.5 Å². The SMILES string of the molecule is COc1ccc(C(=O)Oc2ccc(C(=O)CBr)cc2COC(C)=O)cc1. The molecule has 136 valence electrons. The molecule has 0 aliphatic carbocycles. The summed E-state index contributed by atoms with van der Waals surface area (Å²) >= 11 is 3.11. The lowest BCUT2D eigenvalue weighted by Gasteiger charge is -2.12. The second-order valence-corrected chi connectivity index (χ2v) is 5.84. The molecule has 0 fully saturated rings. The van der Waals surface area contributed by atoms with Crippen LogP contribution in [0.15, 0.2) is 42.5 Å². The molecule has 0 N–H and O–H groups in total. The number of Topliss-reactive ketones (excluding diaryl/α,β-unsaturated/α-hetero) is 1. The first-order valence-electron chi connectivity index (χ1n) is 7.66. The molecular formula is C19H17BrO6. The predicted molar refractivity (Wildman–Crippen MR) is 98.0 cm³/mol. The third kappa shape index (κ3) is 5.16. The molecule has 0 aliphatic rings. The van der Waals surface area contributed by atoms with Gasteiger partial charge in [0.1, 0.15) is 18.1 Å². The average molecular weight is 421 g/mol. The molecule has 0 heterocycles. The Morgan fingerprint density at radius 1 is 1.00 bits per heavy atom. The monoisotopic (exact) mass is 420 g/mol. The summed E-state index contributed by atoms with van der Waals surface area (Å²) in [5.74, 6) is -0.346. The minimum atomic E-state index is -0.573. The lowest BCUT2D eigenvalue weighted by molar-refractivity contribution is -0.142. The Kier molecular flexibility index (Phi) is 6.91. The normalized spacial score (nSPS) is 10.1. The van der Waals surface area contributed by atoms with E-state index in [-0.39, 0.29) is 23.5 Å². The van der Waals surface area contributed by atoms with Crippen LogP contribution in [0.4, 0.5) is 0 Å². The zero-order chi connectivity index (χ0) is 19.1. The number of methoxy groups -OCH3 is 1. The van der Waals surface area contributed by atoms with Gasteiger partial charge in [-0.05, 0) is 42.5 Å². The Morgan fingerprint density at radius 2 is 1.65 bits per heavy atom. The van der Waals surface area contributed by atoms with Gasteiger partial charge in [0, 0.05) is 18.1 Å². The molecule has 2 rings (SSSR count). The zero-order valence-electron chi connectivity index (χ0n) is 14.3. The van der Waals surface area contributed by atoms with Gasteiger partial charge in [0.2, 0.25) is 0 Å². The second kappa shape index (κ2) is 9.15. The van der Waals surface area contributed by atoms with E-state index in [4.69, 9.17) is 14.2 Å². The van der Waals surface area contributed by atoms with Gasteiger partial charge in [0.25, 0.3) is 0 Å². The van der Waals surface area contributed by atoms with E-state index in [0.29, 0.717) is 22.4 Å². The van der Waals surface area contributed by atoms with Crippen LogP contribution in [0, 0.1) is 0 Å². The van der Waals surface area contributed by atoms with Gasteiger partial charge in [-0.2, -0.15) is 0 Å². The highest BCUT2D eigenvalue weighted by Gasteiger charge is 2.15. The van der Waals surface area contributed by atoms with E-state index < -0.39 is 11.9 Å². The number of alkyl halides is 1. The average Bonchev–Trinajstić information content (AvgIpc) is 2.66. The van der Waals surface area contributed by atoms with E-state index in [1.807, 2.05) is 0 Å². The summed E-state index contributed by atoms with van der Waals surface area (Å²) in [6.07, 6.45) is 0. The number of hydrogen-bond donors (Lipinski definition) is 0. The number of esters is 2. The van der Waals surface area contributed by atoms with Crippen LogP contribution in [-0.4, -0.2) is 30.2 Å². The highest BCUT2D eigenvalue weighted by Crippen LogP contribution is 2.24. The third-order valence-electron chi connectivity index (χ3n) is 3.46. The van der Waals surface area contributed by atoms with E-state index in [9.17, 15) is 14.4 Å². The molecule has 2 aromatic carbocycles. The highest BCUT2D eigenvalue weighted by molar-refractivity contribution is 9.09. The topological polar surface area (TPSA) is 78.9 Å². The second-order valence-electron chi connectivity index (χ2n) is 5.28. The van der Waals surface area contributed by atoms with Crippen LogP contribution < -0.4 is 9.47 Å². The van der Waals surface area contributed by atoms with Crippen molar-refractivity contribution in [1.29, 1.82) is 0 Å². The van der Waals surface area contributed by atoms with Gasteiger partial charge in [-0.1, -0.05) is 15.9 Å². The summed E-state index contributed by atoms with van der Waals surface area (Å²) in [6.45, 7) is 1.17. The number of hydrogen-bond acceptors (Lipinski definition) is 6. The quantitative estimate of drug-likeness (QED) is 0.295. The van der Waals surface area contributed by atoms with Crippen LogP contribution in [0.1, 0.15) is 33.2 Å². The summed E-state index contributed by atoms with van der Waals surface area (Å²) in [4.78, 5) is 35.3. The van der Waals surface area contributed by atoms with E-state index in [2.05, 4.69) is 15.9 Å². The largest absolute Gasteiger partial charge is 0.497 e. The van der Waals surface area contributed by atoms with Gasteiger partial charge < -0.3 is 14.2 Å². The number of carbonyl (C=O) groups is 3. The van der Waals surface area contributed by atoms with Gasteiger partial charge in [-0.3, -0.25) is 9.59 Å². The lowest BCUT2D eigenvalue weighted by Crippen LogP contribution is -2.12. The number of ether oxygens (including phenoxy) is 3. The van der Waals surface area contributed by atoms with E-state index in [1.54, 1.807) is 36.4 Å². The first-order chi connectivity index (χ1) is 12.4. The summed E-state index contributed by atoms with van der Waals surface area (Å²) in [5.41, 5.74) is 1.19. The minimum absolute atomic E-state index is 0.107. The summed E-state index contributed by atoms with van der Waals surface area (Å²) in [6, 6.07) is 11.1. The van der Waals surface area contributed by atoms with Crippen molar-refractivity contribution in [2.24, 2.45) is 0 Å². The van der Waals surface area contributed by atoms with Crippen molar-refractivity contribution in [2.75, 3.05) is 12.4 Å². The first kappa shape index (κ1) is 19.7. The van der Waals surface area contributed by atoms with Crippen molar-refractivity contribution in [3.8, 4) is 11.5 Å². The van der Waals surface area contributed by atoms with Crippen LogP contribution >= 0.6 is 15.9 Å². The maximum Gasteiger partial charge on any atom is 0.343 e. The summed E-state index contributed by atoms with van der Waals surface area (Å²) < 4.78 is 15.4. The van der Waals surface area contributed by atoms with Crippen LogP contribution in [0.3, 0.4) is 0 Å². The Bertz CT molecular complexity index is 813. The van der Waals surface area contributed by atoms with Gasteiger partial charge in [0.05, 0.1) is 18.0 Å². The number of halogens is 1. The van der Waals surface area contributed by atoms with Gasteiger partial charge >= 0.3 is 11.9 Å². The van der Waals surface area contributed by atoms with Crippen molar-refractivity contribution < 1.29 is 28.6 Å². The smallest absolute Gasteiger partial charge is 0.343 e. The number of rotatable bonds is 7. The van der Waals surface area contributed by atoms with E-state index >= 15 is 0 Å². The summed E-state index contributed by atoms with van der Waals surface area (Å²) in [5, 5.41) is 0.158. The molecule has 0 aliphatic heterocycles. The molecule has 6 nitrogen and oxygen atoms in total. The molecule has 0 spiro atoms. The molecular weight excluding hydrogens is 404 g/mol. The fourth-order valence-corrected chi connectivity index (χ4v) is 2.43. The molecule has 0 saturated heterocycles. The van der Waals surface area contributed by atoms with Crippen LogP contribution in [0.25, 0.3) is 0 Å². The lowest BCUT2D eigenvalue weighted by atomic mass is 10.1. The molecule has 0 unspecified atom stereocenters. The van der Waals surface area contributed by atoms with Crippen molar-refractivity contribution in [1.82, 2.24) is 0 Å².